The van der Waals surface area contributed by atoms with Crippen LogP contribution in [0.25, 0.3) is 0 Å². The quantitative estimate of drug-likeness (QED) is 0.801. The first-order chi connectivity index (χ1) is 11.5. The molecule has 132 valence electrons. The third kappa shape index (κ3) is 6.49. The van der Waals surface area contributed by atoms with Gasteiger partial charge in [-0.3, -0.25) is 9.59 Å². The molecule has 2 amide bonds. The van der Waals surface area contributed by atoms with Crippen LogP contribution in [0.15, 0.2) is 24.3 Å². The van der Waals surface area contributed by atoms with Crippen molar-refractivity contribution in [1.82, 2.24) is 9.80 Å². The van der Waals surface area contributed by atoms with Crippen molar-refractivity contribution < 1.29 is 9.59 Å². The molecule has 6 heteroatoms. The molecule has 1 saturated heterocycles. The molecule has 1 aliphatic rings. The standard InChI is InChI=1S/C18H26ClN3O2/c1-15(23)22-12-4-11-21(13-14-22)10-3-2-5-18(24)20-17-8-6-16(19)7-9-17/h6-9H,2-5,10-14H2,1H3,(H,20,24). The molecule has 1 aromatic rings. The minimum atomic E-state index is 0.0379. The Labute approximate surface area is 149 Å². The van der Waals surface area contributed by atoms with Gasteiger partial charge in [-0.15, -0.1) is 0 Å². The maximum absolute atomic E-state index is 11.9. The topological polar surface area (TPSA) is 52.7 Å². The fraction of sp³-hybridized carbons (Fsp3) is 0.556. The van der Waals surface area contributed by atoms with Crippen molar-refractivity contribution in [3.8, 4) is 0 Å². The van der Waals surface area contributed by atoms with Gasteiger partial charge in [0.1, 0.15) is 0 Å². The summed E-state index contributed by atoms with van der Waals surface area (Å²) < 4.78 is 0. The molecule has 24 heavy (non-hydrogen) atoms. The van der Waals surface area contributed by atoms with Crippen molar-refractivity contribution in [2.45, 2.75) is 32.6 Å². The predicted octanol–water partition coefficient (Wildman–Crippen LogP) is 3.00. The summed E-state index contributed by atoms with van der Waals surface area (Å²) in [6.45, 7) is 6.24. The minimum Gasteiger partial charge on any atom is -0.342 e. The molecular formula is C18H26ClN3O2. The van der Waals surface area contributed by atoms with Crippen LogP contribution in [0.1, 0.15) is 32.6 Å². The summed E-state index contributed by atoms with van der Waals surface area (Å²) in [4.78, 5) is 27.6. The summed E-state index contributed by atoms with van der Waals surface area (Å²) in [5.74, 6) is 0.201. The number of unbranched alkanes of at least 4 members (excludes halogenated alkanes) is 1. The Bertz CT molecular complexity index is 548. The molecule has 1 aromatic carbocycles. The fourth-order valence-corrected chi connectivity index (χ4v) is 3.01. The first kappa shape index (κ1) is 18.7. The smallest absolute Gasteiger partial charge is 0.224 e. The second-order valence-electron chi connectivity index (χ2n) is 6.21. The number of halogens is 1. The van der Waals surface area contributed by atoms with E-state index in [0.29, 0.717) is 11.4 Å². The monoisotopic (exact) mass is 351 g/mol. The summed E-state index contributed by atoms with van der Waals surface area (Å²) in [7, 11) is 0. The van der Waals surface area contributed by atoms with E-state index in [2.05, 4.69) is 10.2 Å². The predicted molar refractivity (Wildman–Crippen MR) is 97.2 cm³/mol. The third-order valence-electron chi connectivity index (χ3n) is 4.29. The molecule has 2 rings (SSSR count). The van der Waals surface area contributed by atoms with Crippen molar-refractivity contribution in [3.63, 3.8) is 0 Å². The van der Waals surface area contributed by atoms with Crippen LogP contribution in [-0.4, -0.2) is 54.3 Å². The third-order valence-corrected chi connectivity index (χ3v) is 4.54. The lowest BCUT2D eigenvalue weighted by Crippen LogP contribution is -2.34. The average Bonchev–Trinajstić information content (AvgIpc) is 2.79. The zero-order chi connectivity index (χ0) is 17.4. The van der Waals surface area contributed by atoms with Crippen molar-refractivity contribution in [2.24, 2.45) is 0 Å². The molecule has 0 bridgehead atoms. The average molecular weight is 352 g/mol. The van der Waals surface area contributed by atoms with Crippen LogP contribution in [-0.2, 0) is 9.59 Å². The van der Waals surface area contributed by atoms with Crippen LogP contribution in [0.4, 0.5) is 5.69 Å². The highest BCUT2D eigenvalue weighted by Crippen LogP contribution is 2.14. The Balaban J connectivity index is 1.61. The maximum Gasteiger partial charge on any atom is 0.224 e. The highest BCUT2D eigenvalue weighted by Gasteiger charge is 2.16. The zero-order valence-corrected chi connectivity index (χ0v) is 15.0. The SMILES string of the molecule is CC(=O)N1CCCN(CCCCC(=O)Nc2ccc(Cl)cc2)CC1. The Morgan fingerprint density at radius 1 is 1.08 bits per heavy atom. The van der Waals surface area contributed by atoms with E-state index in [1.807, 2.05) is 4.90 Å². The van der Waals surface area contributed by atoms with Crippen LogP contribution in [0.5, 0.6) is 0 Å². The molecule has 1 aliphatic heterocycles. The number of carbonyl (C=O) groups is 2. The highest BCUT2D eigenvalue weighted by molar-refractivity contribution is 6.30. The van der Waals surface area contributed by atoms with Gasteiger partial charge in [-0.25, -0.2) is 0 Å². The van der Waals surface area contributed by atoms with Crippen molar-refractivity contribution in [3.05, 3.63) is 29.3 Å². The van der Waals surface area contributed by atoms with E-state index in [0.717, 1.165) is 57.7 Å². The number of rotatable bonds is 6. The van der Waals surface area contributed by atoms with Crippen LogP contribution in [0, 0.1) is 0 Å². The molecule has 5 nitrogen and oxygen atoms in total. The maximum atomic E-state index is 11.9. The first-order valence-electron chi connectivity index (χ1n) is 8.58. The van der Waals surface area contributed by atoms with E-state index >= 15 is 0 Å². The van der Waals surface area contributed by atoms with E-state index in [4.69, 9.17) is 11.6 Å². The summed E-state index contributed by atoms with van der Waals surface area (Å²) in [5, 5.41) is 3.54. The van der Waals surface area contributed by atoms with E-state index in [-0.39, 0.29) is 11.8 Å². The lowest BCUT2D eigenvalue weighted by atomic mass is 10.2. The number of amides is 2. The Morgan fingerprint density at radius 2 is 1.83 bits per heavy atom. The number of anilines is 1. The van der Waals surface area contributed by atoms with E-state index in [1.165, 1.54) is 0 Å². The van der Waals surface area contributed by atoms with Gasteiger partial charge in [0.25, 0.3) is 0 Å². The largest absolute Gasteiger partial charge is 0.342 e. The number of nitrogens with one attached hydrogen (secondary N) is 1. The van der Waals surface area contributed by atoms with Crippen LogP contribution in [0.3, 0.4) is 0 Å². The number of hydrogen-bond acceptors (Lipinski definition) is 3. The molecule has 0 unspecified atom stereocenters. The van der Waals surface area contributed by atoms with Gasteiger partial charge in [-0.2, -0.15) is 0 Å². The highest BCUT2D eigenvalue weighted by atomic mass is 35.5. The summed E-state index contributed by atoms with van der Waals surface area (Å²) in [5.41, 5.74) is 0.779. The van der Waals surface area contributed by atoms with E-state index in [9.17, 15) is 9.59 Å². The Hall–Kier alpha value is -1.59. The Morgan fingerprint density at radius 3 is 2.54 bits per heavy atom. The van der Waals surface area contributed by atoms with Gasteiger partial charge in [-0.1, -0.05) is 11.6 Å². The molecule has 1 N–H and O–H groups in total. The second kappa shape index (κ2) is 9.64. The second-order valence-corrected chi connectivity index (χ2v) is 6.65. The number of hydrogen-bond donors (Lipinski definition) is 1. The van der Waals surface area contributed by atoms with Crippen LogP contribution in [0.2, 0.25) is 5.02 Å². The van der Waals surface area contributed by atoms with E-state index < -0.39 is 0 Å². The van der Waals surface area contributed by atoms with Crippen molar-refractivity contribution in [1.29, 1.82) is 0 Å². The lowest BCUT2D eigenvalue weighted by molar-refractivity contribution is -0.128. The van der Waals surface area contributed by atoms with Gasteiger partial charge in [0, 0.05) is 43.7 Å². The zero-order valence-electron chi connectivity index (χ0n) is 14.3. The van der Waals surface area contributed by atoms with Crippen molar-refractivity contribution in [2.75, 3.05) is 38.0 Å². The van der Waals surface area contributed by atoms with Gasteiger partial charge < -0.3 is 15.1 Å². The number of nitrogens with zero attached hydrogens (tertiary/aromatic N) is 2. The molecule has 0 saturated carbocycles. The van der Waals surface area contributed by atoms with Gasteiger partial charge in [0.2, 0.25) is 11.8 Å². The molecule has 0 aliphatic carbocycles. The molecular weight excluding hydrogens is 326 g/mol. The summed E-state index contributed by atoms with van der Waals surface area (Å²) in [6, 6.07) is 7.14. The van der Waals surface area contributed by atoms with Gasteiger partial charge >= 0.3 is 0 Å². The van der Waals surface area contributed by atoms with Crippen LogP contribution < -0.4 is 5.32 Å². The minimum absolute atomic E-state index is 0.0379. The van der Waals surface area contributed by atoms with Gasteiger partial charge in [0.15, 0.2) is 0 Å². The Kier molecular flexibility index (Phi) is 7.53. The van der Waals surface area contributed by atoms with Crippen LogP contribution >= 0.6 is 11.6 Å². The fourth-order valence-electron chi connectivity index (χ4n) is 2.89. The van der Waals surface area contributed by atoms with E-state index in [1.54, 1.807) is 31.2 Å². The summed E-state index contributed by atoms with van der Waals surface area (Å²) in [6.07, 6.45) is 3.41. The lowest BCUT2D eigenvalue weighted by Gasteiger charge is -2.20. The van der Waals surface area contributed by atoms with Gasteiger partial charge in [-0.05, 0) is 56.6 Å². The number of benzene rings is 1. The molecule has 0 radical (unpaired) electrons. The molecule has 0 atom stereocenters. The molecule has 0 spiro atoms. The molecule has 1 fully saturated rings. The normalized spacial score (nSPS) is 15.8. The molecule has 0 aromatic heterocycles. The number of carbonyl (C=O) groups excluding carboxylic acids is 2. The van der Waals surface area contributed by atoms with Crippen molar-refractivity contribution >= 4 is 29.1 Å². The van der Waals surface area contributed by atoms with Gasteiger partial charge in [0.05, 0.1) is 0 Å². The molecule has 1 heterocycles. The summed E-state index contributed by atoms with van der Waals surface area (Å²) >= 11 is 5.82. The first-order valence-corrected chi connectivity index (χ1v) is 8.95.